The second-order valence-corrected chi connectivity index (χ2v) is 2.38. The molecule has 1 aromatic rings. The highest BCUT2D eigenvalue weighted by atomic mass is 16.3. The van der Waals surface area contributed by atoms with Crippen molar-refractivity contribution in [3.63, 3.8) is 0 Å². The first-order valence-electron chi connectivity index (χ1n) is 3.65. The van der Waals surface area contributed by atoms with Gasteiger partial charge < -0.3 is 4.42 Å². The fourth-order valence-corrected chi connectivity index (χ4v) is 1.01. The zero-order chi connectivity index (χ0) is 8.10. The topological polar surface area (TPSA) is 13.1 Å². The SMILES string of the molecule is C=CCC(C=C)c1ccco1. The molecule has 0 aromatic carbocycles. The highest BCUT2D eigenvalue weighted by Gasteiger charge is 2.06. The first-order chi connectivity index (χ1) is 5.38. The average Bonchev–Trinajstić information content (AvgIpc) is 2.52. The predicted molar refractivity (Wildman–Crippen MR) is 46.5 cm³/mol. The maximum atomic E-state index is 5.22. The molecule has 0 N–H and O–H groups in total. The van der Waals surface area contributed by atoms with Crippen LogP contribution >= 0.6 is 0 Å². The molecular weight excluding hydrogens is 136 g/mol. The molecule has 1 heteroatoms. The van der Waals surface area contributed by atoms with E-state index in [0.717, 1.165) is 12.2 Å². The summed E-state index contributed by atoms with van der Waals surface area (Å²) in [7, 11) is 0. The zero-order valence-electron chi connectivity index (χ0n) is 6.49. The van der Waals surface area contributed by atoms with Gasteiger partial charge in [-0.05, 0) is 18.6 Å². The molecule has 1 heterocycles. The van der Waals surface area contributed by atoms with E-state index in [-0.39, 0.29) is 5.92 Å². The standard InChI is InChI=1S/C10H12O/c1-3-6-9(4-2)10-7-5-8-11-10/h3-5,7-9H,1-2,6H2. The Morgan fingerprint density at radius 3 is 2.82 bits per heavy atom. The first kappa shape index (κ1) is 7.86. The summed E-state index contributed by atoms with van der Waals surface area (Å²) < 4.78 is 5.22. The Morgan fingerprint density at radius 1 is 1.55 bits per heavy atom. The van der Waals surface area contributed by atoms with E-state index in [1.165, 1.54) is 0 Å². The third-order valence-corrected chi connectivity index (χ3v) is 1.61. The maximum absolute atomic E-state index is 5.22. The Hall–Kier alpha value is -1.24. The monoisotopic (exact) mass is 148 g/mol. The van der Waals surface area contributed by atoms with Crippen molar-refractivity contribution < 1.29 is 4.42 Å². The van der Waals surface area contributed by atoms with Gasteiger partial charge in [0.2, 0.25) is 0 Å². The van der Waals surface area contributed by atoms with E-state index in [1.54, 1.807) is 6.26 Å². The van der Waals surface area contributed by atoms with Crippen LogP contribution in [0.3, 0.4) is 0 Å². The summed E-state index contributed by atoms with van der Waals surface area (Å²) in [6.07, 6.45) is 6.31. The fourth-order valence-electron chi connectivity index (χ4n) is 1.01. The molecule has 1 atom stereocenters. The Morgan fingerprint density at radius 2 is 2.36 bits per heavy atom. The maximum Gasteiger partial charge on any atom is 0.110 e. The van der Waals surface area contributed by atoms with E-state index in [1.807, 2.05) is 24.3 Å². The molecule has 0 aliphatic rings. The Bertz CT molecular complexity index is 221. The van der Waals surface area contributed by atoms with Crippen LogP contribution in [0.4, 0.5) is 0 Å². The minimum atomic E-state index is 0.280. The molecule has 1 rings (SSSR count). The van der Waals surface area contributed by atoms with Crippen LogP contribution in [0, 0.1) is 0 Å². The molecule has 58 valence electrons. The van der Waals surface area contributed by atoms with Crippen molar-refractivity contribution in [1.82, 2.24) is 0 Å². The lowest BCUT2D eigenvalue weighted by molar-refractivity contribution is 0.491. The second-order valence-electron chi connectivity index (χ2n) is 2.38. The Kier molecular flexibility index (Phi) is 2.73. The van der Waals surface area contributed by atoms with Crippen molar-refractivity contribution in [2.75, 3.05) is 0 Å². The van der Waals surface area contributed by atoms with Gasteiger partial charge in [-0.2, -0.15) is 0 Å². The van der Waals surface area contributed by atoms with E-state index >= 15 is 0 Å². The fraction of sp³-hybridized carbons (Fsp3) is 0.200. The first-order valence-corrected chi connectivity index (χ1v) is 3.65. The number of hydrogen-bond donors (Lipinski definition) is 0. The second kappa shape index (κ2) is 3.81. The molecule has 11 heavy (non-hydrogen) atoms. The molecule has 0 radical (unpaired) electrons. The van der Waals surface area contributed by atoms with Crippen LogP contribution in [-0.2, 0) is 0 Å². The van der Waals surface area contributed by atoms with Crippen LogP contribution < -0.4 is 0 Å². The zero-order valence-corrected chi connectivity index (χ0v) is 6.49. The van der Waals surface area contributed by atoms with Crippen LogP contribution in [0.15, 0.2) is 48.1 Å². The van der Waals surface area contributed by atoms with E-state index in [0.29, 0.717) is 0 Å². The Labute approximate surface area is 67.0 Å². The molecule has 1 aromatic heterocycles. The van der Waals surface area contributed by atoms with E-state index in [9.17, 15) is 0 Å². The Balaban J connectivity index is 2.70. The van der Waals surface area contributed by atoms with Gasteiger partial charge in [-0.3, -0.25) is 0 Å². The molecule has 0 spiro atoms. The molecule has 0 aliphatic heterocycles. The largest absolute Gasteiger partial charge is 0.469 e. The van der Waals surface area contributed by atoms with Crippen molar-refractivity contribution in [2.24, 2.45) is 0 Å². The molecule has 1 unspecified atom stereocenters. The number of rotatable bonds is 4. The van der Waals surface area contributed by atoms with Gasteiger partial charge in [-0.1, -0.05) is 12.2 Å². The van der Waals surface area contributed by atoms with Crippen LogP contribution in [-0.4, -0.2) is 0 Å². The number of allylic oxidation sites excluding steroid dienone is 2. The molecule has 0 amide bonds. The summed E-state index contributed by atoms with van der Waals surface area (Å²) in [4.78, 5) is 0. The molecule has 0 bridgehead atoms. The van der Waals surface area contributed by atoms with Crippen LogP contribution in [0.2, 0.25) is 0 Å². The summed E-state index contributed by atoms with van der Waals surface area (Å²) in [5.74, 6) is 1.24. The van der Waals surface area contributed by atoms with Crippen molar-refractivity contribution in [2.45, 2.75) is 12.3 Å². The molecule has 0 aliphatic carbocycles. The molecular formula is C10H12O. The van der Waals surface area contributed by atoms with Gasteiger partial charge >= 0.3 is 0 Å². The van der Waals surface area contributed by atoms with Crippen LogP contribution in [0.5, 0.6) is 0 Å². The summed E-state index contributed by atoms with van der Waals surface area (Å²) in [5, 5.41) is 0. The number of furan rings is 1. The molecule has 0 saturated carbocycles. The van der Waals surface area contributed by atoms with Gasteiger partial charge in [0, 0.05) is 5.92 Å². The van der Waals surface area contributed by atoms with Gasteiger partial charge in [0.1, 0.15) is 5.76 Å². The van der Waals surface area contributed by atoms with Gasteiger partial charge in [-0.15, -0.1) is 13.2 Å². The van der Waals surface area contributed by atoms with Gasteiger partial charge in [0.25, 0.3) is 0 Å². The number of hydrogen-bond acceptors (Lipinski definition) is 1. The lowest BCUT2D eigenvalue weighted by Crippen LogP contribution is -1.89. The summed E-state index contributed by atoms with van der Waals surface area (Å²) in [6.45, 7) is 7.40. The van der Waals surface area contributed by atoms with Crippen molar-refractivity contribution >= 4 is 0 Å². The van der Waals surface area contributed by atoms with Gasteiger partial charge in [0.05, 0.1) is 6.26 Å². The van der Waals surface area contributed by atoms with Crippen LogP contribution in [0.1, 0.15) is 18.1 Å². The van der Waals surface area contributed by atoms with Crippen molar-refractivity contribution in [3.05, 3.63) is 49.5 Å². The minimum Gasteiger partial charge on any atom is -0.469 e. The lowest BCUT2D eigenvalue weighted by Gasteiger charge is -2.04. The minimum absolute atomic E-state index is 0.280. The lowest BCUT2D eigenvalue weighted by atomic mass is 10.0. The normalized spacial score (nSPS) is 12.4. The van der Waals surface area contributed by atoms with Gasteiger partial charge in [-0.25, -0.2) is 0 Å². The third kappa shape index (κ3) is 1.84. The average molecular weight is 148 g/mol. The van der Waals surface area contributed by atoms with E-state index in [2.05, 4.69) is 13.2 Å². The summed E-state index contributed by atoms with van der Waals surface area (Å²) in [6, 6.07) is 3.84. The van der Waals surface area contributed by atoms with E-state index < -0.39 is 0 Å². The van der Waals surface area contributed by atoms with E-state index in [4.69, 9.17) is 4.42 Å². The summed E-state index contributed by atoms with van der Waals surface area (Å²) >= 11 is 0. The van der Waals surface area contributed by atoms with Crippen LogP contribution in [0.25, 0.3) is 0 Å². The highest BCUT2D eigenvalue weighted by molar-refractivity contribution is 5.12. The smallest absolute Gasteiger partial charge is 0.110 e. The quantitative estimate of drug-likeness (QED) is 0.598. The molecule has 1 nitrogen and oxygen atoms in total. The highest BCUT2D eigenvalue weighted by Crippen LogP contribution is 2.20. The van der Waals surface area contributed by atoms with Crippen molar-refractivity contribution in [3.8, 4) is 0 Å². The third-order valence-electron chi connectivity index (χ3n) is 1.61. The molecule has 0 fully saturated rings. The van der Waals surface area contributed by atoms with Crippen molar-refractivity contribution in [1.29, 1.82) is 0 Å². The van der Waals surface area contributed by atoms with Gasteiger partial charge in [0.15, 0.2) is 0 Å². The molecule has 0 saturated heterocycles. The predicted octanol–water partition coefficient (Wildman–Crippen LogP) is 3.13. The summed E-state index contributed by atoms with van der Waals surface area (Å²) in [5.41, 5.74) is 0.